The Morgan fingerprint density at radius 1 is 1.13 bits per heavy atom. The van der Waals surface area contributed by atoms with E-state index in [9.17, 15) is 22.4 Å². The molecule has 8 nitrogen and oxygen atoms in total. The van der Waals surface area contributed by atoms with Gasteiger partial charge in [0.1, 0.15) is 11.4 Å². The largest absolute Gasteiger partial charge is 0.493 e. The molecule has 0 bridgehead atoms. The van der Waals surface area contributed by atoms with E-state index in [-0.39, 0.29) is 17.4 Å². The summed E-state index contributed by atoms with van der Waals surface area (Å²) in [5.41, 5.74) is 3.29. The van der Waals surface area contributed by atoms with E-state index in [1.54, 1.807) is 30.3 Å². The fourth-order valence-corrected chi connectivity index (χ4v) is 5.63. The van der Waals surface area contributed by atoms with Gasteiger partial charge in [-0.3, -0.25) is 4.79 Å². The maximum Gasteiger partial charge on any atom is 0.332 e. The van der Waals surface area contributed by atoms with Crippen LogP contribution in [0.5, 0.6) is 5.75 Å². The average molecular weight is 545 g/mol. The number of nitriles is 1. The van der Waals surface area contributed by atoms with Gasteiger partial charge >= 0.3 is 10.2 Å². The molecule has 10 heteroatoms. The number of ether oxygens (including phenoxy) is 1. The molecule has 5 aromatic rings. The summed E-state index contributed by atoms with van der Waals surface area (Å²) in [6.45, 7) is 5.76. The molecule has 3 heterocycles. The number of rotatable bonds is 6. The quantitative estimate of drug-likeness (QED) is 0.290. The Morgan fingerprint density at radius 2 is 1.92 bits per heavy atom. The molecule has 0 spiro atoms. The first-order valence-electron chi connectivity index (χ1n) is 12.6. The maximum atomic E-state index is 14.0. The summed E-state index contributed by atoms with van der Waals surface area (Å²) in [4.78, 5) is 16.9. The van der Waals surface area contributed by atoms with E-state index in [1.807, 2.05) is 19.9 Å². The van der Waals surface area contributed by atoms with E-state index in [0.29, 0.717) is 69.6 Å². The van der Waals surface area contributed by atoms with Crippen LogP contribution in [0.1, 0.15) is 25.5 Å². The first kappa shape index (κ1) is 25.1. The third kappa shape index (κ3) is 4.24. The fraction of sp³-hybridized carbons (Fsp3) is 0.241. The number of pyridine rings is 1. The van der Waals surface area contributed by atoms with Crippen LogP contribution >= 0.6 is 0 Å². The Bertz CT molecular complexity index is 2000. The summed E-state index contributed by atoms with van der Waals surface area (Å²) in [6.07, 6.45) is 0. The summed E-state index contributed by atoms with van der Waals surface area (Å²) >= 11 is 0. The second-order valence-corrected chi connectivity index (χ2v) is 11.6. The molecule has 6 rings (SSSR count). The molecule has 39 heavy (non-hydrogen) atoms. The van der Waals surface area contributed by atoms with Crippen molar-refractivity contribution < 1.29 is 17.0 Å². The van der Waals surface area contributed by atoms with E-state index < -0.39 is 15.1 Å². The van der Waals surface area contributed by atoms with Crippen molar-refractivity contribution in [2.45, 2.75) is 24.8 Å². The lowest BCUT2D eigenvalue weighted by atomic mass is 9.99. The van der Waals surface area contributed by atoms with Gasteiger partial charge in [0.25, 0.3) is 0 Å². The fourth-order valence-electron chi connectivity index (χ4n) is 5.12. The number of aromatic amines is 1. The smallest absolute Gasteiger partial charge is 0.332 e. The lowest BCUT2D eigenvalue weighted by Crippen LogP contribution is -2.44. The second-order valence-electron chi connectivity index (χ2n) is 10.3. The molecule has 1 aliphatic heterocycles. The van der Waals surface area contributed by atoms with Gasteiger partial charge in [0, 0.05) is 29.6 Å². The number of aromatic nitrogens is 2. The lowest BCUT2D eigenvalue weighted by molar-refractivity contribution is 0.272. The third-order valence-electron chi connectivity index (χ3n) is 7.10. The highest BCUT2D eigenvalue weighted by Crippen LogP contribution is 2.38. The minimum absolute atomic E-state index is 0.0481. The zero-order valence-corrected chi connectivity index (χ0v) is 22.1. The van der Waals surface area contributed by atoms with Crippen LogP contribution < -0.4 is 15.5 Å². The molecule has 0 saturated carbocycles. The number of halogens is 1. The average Bonchev–Trinajstić information content (AvgIpc) is 3.26. The molecule has 1 saturated heterocycles. The summed E-state index contributed by atoms with van der Waals surface area (Å²) in [6, 6.07) is 16.6. The molecule has 1 fully saturated rings. The Kier molecular flexibility index (Phi) is 5.93. The number of nitrogens with one attached hydrogen (secondary N) is 2. The highest BCUT2D eigenvalue weighted by molar-refractivity contribution is 7.86. The summed E-state index contributed by atoms with van der Waals surface area (Å²) in [5.74, 6) is 0.597. The van der Waals surface area contributed by atoms with Crippen molar-refractivity contribution in [3.63, 3.8) is 0 Å². The predicted molar refractivity (Wildman–Crippen MR) is 148 cm³/mol. The molecule has 0 atom stereocenters. The minimum Gasteiger partial charge on any atom is -0.493 e. The van der Waals surface area contributed by atoms with Crippen molar-refractivity contribution in [3.8, 4) is 22.9 Å². The number of H-pyrrole nitrogens is 1. The van der Waals surface area contributed by atoms with Gasteiger partial charge in [0.15, 0.2) is 5.43 Å². The Hall–Kier alpha value is -4.20. The van der Waals surface area contributed by atoms with Crippen LogP contribution in [0.2, 0.25) is 0 Å². The number of benzene rings is 3. The molecular formula is C29H25FN4O4S. The molecule has 0 unspecified atom stereocenters. The lowest BCUT2D eigenvalue weighted by Gasteiger charge is -2.32. The first-order valence-corrected chi connectivity index (χ1v) is 14.0. The second kappa shape index (κ2) is 9.22. The summed E-state index contributed by atoms with van der Waals surface area (Å²) in [7, 11) is -4.92. The van der Waals surface area contributed by atoms with E-state index in [0.717, 1.165) is 5.39 Å². The van der Waals surface area contributed by atoms with Gasteiger partial charge in [0.05, 0.1) is 45.5 Å². The molecule has 0 amide bonds. The van der Waals surface area contributed by atoms with Crippen LogP contribution in [0.15, 0.2) is 64.3 Å². The van der Waals surface area contributed by atoms with Crippen molar-refractivity contribution in [3.05, 3.63) is 70.4 Å². The molecule has 2 aromatic heterocycles. The Balaban J connectivity index is 1.72. The molecule has 0 aliphatic carbocycles. The maximum absolute atomic E-state index is 14.0. The number of hydrogen-bond donors (Lipinski definition) is 2. The summed E-state index contributed by atoms with van der Waals surface area (Å²) in [5, 5.41) is 14.4. The van der Waals surface area contributed by atoms with Crippen LogP contribution in [0.4, 0.5) is 3.89 Å². The monoisotopic (exact) mass is 544 g/mol. The van der Waals surface area contributed by atoms with Gasteiger partial charge in [-0.1, -0.05) is 32.0 Å². The van der Waals surface area contributed by atoms with Crippen LogP contribution in [-0.2, 0) is 10.2 Å². The van der Waals surface area contributed by atoms with Crippen molar-refractivity contribution in [2.24, 2.45) is 5.92 Å². The zero-order valence-electron chi connectivity index (χ0n) is 21.3. The highest BCUT2D eigenvalue weighted by atomic mass is 32.3. The molecule has 1 aliphatic rings. The highest BCUT2D eigenvalue weighted by Gasteiger charge is 2.27. The number of nitrogens with zero attached hydrogens (tertiary/aromatic N) is 2. The molecule has 2 N–H and O–H groups in total. The van der Waals surface area contributed by atoms with Gasteiger partial charge < -0.3 is 19.6 Å². The van der Waals surface area contributed by atoms with Crippen molar-refractivity contribution in [1.82, 2.24) is 14.9 Å². The van der Waals surface area contributed by atoms with Crippen molar-refractivity contribution >= 4 is 43.1 Å². The van der Waals surface area contributed by atoms with E-state index in [2.05, 4.69) is 20.9 Å². The van der Waals surface area contributed by atoms with Gasteiger partial charge in [-0.05, 0) is 47.9 Å². The van der Waals surface area contributed by atoms with Gasteiger partial charge in [-0.15, -0.1) is 3.89 Å². The molecular weight excluding hydrogens is 519 g/mol. The predicted octanol–water partition coefficient (Wildman–Crippen LogP) is 5.01. The van der Waals surface area contributed by atoms with Gasteiger partial charge in [0.2, 0.25) is 0 Å². The van der Waals surface area contributed by atoms with Crippen LogP contribution in [0, 0.1) is 17.2 Å². The Morgan fingerprint density at radius 3 is 2.59 bits per heavy atom. The SMILES string of the molecule is CC(C)COc1cc2c(=O)c3c4ccc(C#N)cc4[nH]c3n(C3CNC3)c2cc1-c1cccc(S(=O)(=O)F)c1. The van der Waals surface area contributed by atoms with E-state index >= 15 is 0 Å². The number of fused-ring (bicyclic) bond motifs is 4. The first-order chi connectivity index (χ1) is 18.7. The van der Waals surface area contributed by atoms with Crippen LogP contribution in [0.25, 0.3) is 44.0 Å². The molecule has 3 aromatic carbocycles. The molecule has 198 valence electrons. The van der Waals surface area contributed by atoms with Crippen molar-refractivity contribution in [1.29, 1.82) is 5.26 Å². The number of hydrogen-bond acceptors (Lipinski definition) is 6. The Labute approximate surface area is 223 Å². The van der Waals surface area contributed by atoms with E-state index in [1.165, 1.54) is 18.2 Å². The molecule has 0 radical (unpaired) electrons. The van der Waals surface area contributed by atoms with Gasteiger partial charge in [-0.25, -0.2) is 0 Å². The zero-order chi connectivity index (χ0) is 27.5. The standard InChI is InChI=1S/C29H25FN4O4S/c1-16(2)15-38-26-11-23-25(10-22(26)18-4-3-5-20(9-18)39(30,36)37)34(19-13-32-14-19)29-27(28(23)35)21-7-6-17(12-31)8-24(21)33-29/h3-11,16,19,32-33H,13-15H2,1-2H3. The van der Waals surface area contributed by atoms with E-state index in [4.69, 9.17) is 4.74 Å². The topological polar surface area (TPSA) is 117 Å². The van der Waals surface area contributed by atoms with Crippen molar-refractivity contribution in [2.75, 3.05) is 19.7 Å². The van der Waals surface area contributed by atoms with Crippen LogP contribution in [-0.4, -0.2) is 37.7 Å². The van der Waals surface area contributed by atoms with Gasteiger partial charge in [-0.2, -0.15) is 13.7 Å². The third-order valence-corrected chi connectivity index (χ3v) is 7.92. The minimum atomic E-state index is -4.92. The van der Waals surface area contributed by atoms with Crippen LogP contribution in [0.3, 0.4) is 0 Å². The normalized spacial score (nSPS) is 14.2. The summed E-state index contributed by atoms with van der Waals surface area (Å²) < 4.78 is 45.5.